The number of benzene rings is 1. The number of aromatic nitrogens is 1. The van der Waals surface area contributed by atoms with E-state index in [0.29, 0.717) is 34.4 Å². The van der Waals surface area contributed by atoms with Crippen molar-refractivity contribution in [3.05, 3.63) is 57.1 Å². The second-order valence-corrected chi connectivity index (χ2v) is 7.39. The molecule has 0 unspecified atom stereocenters. The highest BCUT2D eigenvalue weighted by atomic mass is 35.5. The lowest BCUT2D eigenvalue weighted by Crippen LogP contribution is -2.26. The van der Waals surface area contributed by atoms with Gasteiger partial charge in [-0.1, -0.05) is 30.5 Å². The molecule has 0 radical (unpaired) electrons. The summed E-state index contributed by atoms with van der Waals surface area (Å²) in [6.07, 6.45) is 4.69. The van der Waals surface area contributed by atoms with E-state index in [1.165, 1.54) is 18.9 Å². The van der Waals surface area contributed by atoms with Crippen LogP contribution in [-0.4, -0.2) is 21.7 Å². The second-order valence-electron chi connectivity index (χ2n) is 6.98. The van der Waals surface area contributed by atoms with Crippen LogP contribution in [0, 0.1) is 19.7 Å². The summed E-state index contributed by atoms with van der Waals surface area (Å²) in [4.78, 5) is 11.8. The predicted molar refractivity (Wildman–Crippen MR) is 100 cm³/mol. The van der Waals surface area contributed by atoms with Crippen LogP contribution in [0.3, 0.4) is 0 Å². The molecule has 1 aliphatic rings. The molecule has 26 heavy (non-hydrogen) atoms. The van der Waals surface area contributed by atoms with Crippen molar-refractivity contribution in [3.8, 4) is 0 Å². The largest absolute Gasteiger partial charge is 0.478 e. The van der Waals surface area contributed by atoms with Crippen LogP contribution in [0.25, 0.3) is 0 Å². The van der Waals surface area contributed by atoms with Gasteiger partial charge in [0, 0.05) is 40.1 Å². The minimum absolute atomic E-state index is 0.215. The quantitative estimate of drug-likeness (QED) is 0.767. The Balaban J connectivity index is 1.95. The van der Waals surface area contributed by atoms with Crippen LogP contribution in [0.5, 0.6) is 0 Å². The van der Waals surface area contributed by atoms with Crippen LogP contribution in [0.1, 0.15) is 58.6 Å². The topological polar surface area (TPSA) is 54.3 Å². The summed E-state index contributed by atoms with van der Waals surface area (Å²) >= 11 is 6.16. The number of carbonyl (C=O) groups is 1. The molecule has 1 saturated carbocycles. The summed E-state index contributed by atoms with van der Waals surface area (Å²) < 4.78 is 16.0. The van der Waals surface area contributed by atoms with Gasteiger partial charge in [0.05, 0.1) is 12.1 Å². The Bertz CT molecular complexity index is 805. The smallest absolute Gasteiger partial charge is 0.337 e. The fourth-order valence-corrected chi connectivity index (χ4v) is 4.13. The highest BCUT2D eigenvalue weighted by Gasteiger charge is 2.24. The van der Waals surface area contributed by atoms with E-state index in [-0.39, 0.29) is 12.4 Å². The van der Waals surface area contributed by atoms with Crippen LogP contribution in [0.4, 0.5) is 4.39 Å². The molecule has 1 aromatic heterocycles. The lowest BCUT2D eigenvalue weighted by atomic mass is 10.1. The zero-order valence-corrected chi connectivity index (χ0v) is 15.9. The summed E-state index contributed by atoms with van der Waals surface area (Å²) in [6, 6.07) is 5.03. The first-order valence-electron chi connectivity index (χ1n) is 8.98. The number of hydrogen-bond donors (Lipinski definition) is 2. The second kappa shape index (κ2) is 7.80. The van der Waals surface area contributed by atoms with Gasteiger partial charge in [0.15, 0.2) is 0 Å². The normalized spacial score (nSPS) is 14.9. The van der Waals surface area contributed by atoms with Gasteiger partial charge in [0.25, 0.3) is 0 Å². The number of aromatic carboxylic acids is 1. The number of nitrogens with zero attached hydrogens (tertiary/aromatic N) is 1. The lowest BCUT2D eigenvalue weighted by molar-refractivity contribution is 0.0694. The van der Waals surface area contributed by atoms with Crippen molar-refractivity contribution in [1.29, 1.82) is 0 Å². The van der Waals surface area contributed by atoms with Gasteiger partial charge in [0.1, 0.15) is 5.82 Å². The van der Waals surface area contributed by atoms with Gasteiger partial charge < -0.3 is 15.0 Å². The highest BCUT2D eigenvalue weighted by molar-refractivity contribution is 6.31. The molecule has 1 fully saturated rings. The molecule has 3 rings (SSSR count). The van der Waals surface area contributed by atoms with Crippen molar-refractivity contribution in [2.24, 2.45) is 0 Å². The molecule has 4 nitrogen and oxygen atoms in total. The minimum Gasteiger partial charge on any atom is -0.478 e. The average Bonchev–Trinajstić information content (AvgIpc) is 3.17. The maximum absolute atomic E-state index is 14.2. The first kappa shape index (κ1) is 18.9. The molecule has 0 amide bonds. The van der Waals surface area contributed by atoms with E-state index in [2.05, 4.69) is 5.32 Å². The van der Waals surface area contributed by atoms with E-state index in [0.717, 1.165) is 24.1 Å². The highest BCUT2D eigenvalue weighted by Crippen LogP contribution is 2.27. The van der Waals surface area contributed by atoms with Gasteiger partial charge in [-0.2, -0.15) is 0 Å². The molecular formula is C20H24ClFN2O2. The number of carboxylic acids is 1. The third kappa shape index (κ3) is 3.64. The molecule has 0 spiro atoms. The fourth-order valence-electron chi connectivity index (χ4n) is 3.90. The Morgan fingerprint density at radius 3 is 2.58 bits per heavy atom. The Morgan fingerprint density at radius 2 is 1.96 bits per heavy atom. The molecule has 140 valence electrons. The molecule has 2 N–H and O–H groups in total. The average molecular weight is 379 g/mol. The third-order valence-corrected chi connectivity index (χ3v) is 5.78. The maximum atomic E-state index is 14.2. The van der Waals surface area contributed by atoms with Gasteiger partial charge in [0.2, 0.25) is 0 Å². The summed E-state index contributed by atoms with van der Waals surface area (Å²) in [7, 11) is 0. The van der Waals surface area contributed by atoms with E-state index >= 15 is 0 Å². The van der Waals surface area contributed by atoms with Crippen molar-refractivity contribution in [2.75, 3.05) is 0 Å². The zero-order chi connectivity index (χ0) is 18.8. The number of halogens is 2. The zero-order valence-electron chi connectivity index (χ0n) is 15.1. The summed E-state index contributed by atoms with van der Waals surface area (Å²) in [5, 5.41) is 13.5. The van der Waals surface area contributed by atoms with Gasteiger partial charge in [-0.05, 0) is 38.8 Å². The molecule has 1 aromatic carbocycles. The van der Waals surface area contributed by atoms with Gasteiger partial charge >= 0.3 is 5.97 Å². The molecule has 0 bridgehead atoms. The molecule has 0 atom stereocenters. The molecular weight excluding hydrogens is 355 g/mol. The molecule has 1 heterocycles. The molecule has 2 aromatic rings. The fraction of sp³-hybridized carbons (Fsp3) is 0.450. The maximum Gasteiger partial charge on any atom is 0.337 e. The number of nitrogens with one attached hydrogen (secondary N) is 1. The van der Waals surface area contributed by atoms with Crippen molar-refractivity contribution < 1.29 is 14.3 Å². The molecule has 0 saturated heterocycles. The van der Waals surface area contributed by atoms with Crippen LogP contribution in [-0.2, 0) is 13.1 Å². The van der Waals surface area contributed by atoms with E-state index in [1.54, 1.807) is 19.1 Å². The van der Waals surface area contributed by atoms with Gasteiger partial charge in [-0.15, -0.1) is 0 Å². The number of rotatable bonds is 6. The lowest BCUT2D eigenvalue weighted by Gasteiger charge is -2.14. The monoisotopic (exact) mass is 378 g/mol. The van der Waals surface area contributed by atoms with Crippen molar-refractivity contribution >= 4 is 17.6 Å². The third-order valence-electron chi connectivity index (χ3n) is 5.42. The van der Waals surface area contributed by atoms with Crippen LogP contribution in [0.2, 0.25) is 5.02 Å². The van der Waals surface area contributed by atoms with E-state index in [9.17, 15) is 14.3 Å². The van der Waals surface area contributed by atoms with E-state index < -0.39 is 5.97 Å². The number of hydrogen-bond acceptors (Lipinski definition) is 2. The van der Waals surface area contributed by atoms with Crippen LogP contribution in [0.15, 0.2) is 18.2 Å². The molecule has 1 aliphatic carbocycles. The minimum atomic E-state index is -0.952. The molecule has 6 heteroatoms. The van der Waals surface area contributed by atoms with Crippen molar-refractivity contribution in [3.63, 3.8) is 0 Å². The summed E-state index contributed by atoms with van der Waals surface area (Å²) in [5.74, 6) is -1.33. The first-order valence-corrected chi connectivity index (χ1v) is 9.36. The van der Waals surface area contributed by atoms with E-state index in [1.807, 2.05) is 11.5 Å². The molecule has 0 aliphatic heterocycles. The Labute approximate surface area is 158 Å². The van der Waals surface area contributed by atoms with Crippen LogP contribution >= 0.6 is 11.6 Å². The number of carboxylic acid groups (broad SMARTS) is 1. The Morgan fingerprint density at radius 1 is 1.27 bits per heavy atom. The van der Waals surface area contributed by atoms with Crippen molar-refractivity contribution in [2.45, 2.75) is 58.7 Å². The predicted octanol–water partition coefficient (Wildman–Crippen LogP) is 4.68. The van der Waals surface area contributed by atoms with Gasteiger partial charge in [-0.25, -0.2) is 9.18 Å². The van der Waals surface area contributed by atoms with Crippen molar-refractivity contribution in [1.82, 2.24) is 9.88 Å². The van der Waals surface area contributed by atoms with E-state index in [4.69, 9.17) is 11.6 Å². The first-order chi connectivity index (χ1) is 12.4. The summed E-state index contributed by atoms with van der Waals surface area (Å²) in [6.45, 7) is 4.38. The Kier molecular flexibility index (Phi) is 5.68. The Hall–Kier alpha value is -1.85. The standard InChI is InChI=1S/C20H24ClFN2O2/c1-12-15(10-23-14-6-3-4-7-14)19(20(25)26)13(2)24(12)11-16-17(21)8-5-9-18(16)22/h5,8-9,14,23H,3-4,6-7,10-11H2,1-2H3,(H,25,26). The SMILES string of the molecule is Cc1c(CNC2CCCC2)c(C(=O)O)c(C)n1Cc1c(F)cccc1Cl. The van der Waals surface area contributed by atoms with Crippen LogP contribution < -0.4 is 5.32 Å². The van der Waals surface area contributed by atoms with Gasteiger partial charge in [-0.3, -0.25) is 0 Å². The summed E-state index contributed by atoms with van der Waals surface area (Å²) in [5.41, 5.74) is 2.92.